The largest absolute Gasteiger partial charge is 0.383 e. The first kappa shape index (κ1) is 20.3. The molecule has 0 aliphatic carbocycles. The fourth-order valence-electron chi connectivity index (χ4n) is 4.34. The Labute approximate surface area is 163 Å². The van der Waals surface area contributed by atoms with Crippen LogP contribution in [0.4, 0.5) is 0 Å². The number of aromatic nitrogens is 2. The van der Waals surface area contributed by atoms with Gasteiger partial charge in [0, 0.05) is 59.1 Å². The van der Waals surface area contributed by atoms with Gasteiger partial charge in [-0.05, 0) is 39.2 Å². The average Bonchev–Trinajstić information content (AvgIpc) is 3.01. The lowest BCUT2D eigenvalue weighted by atomic mass is 9.93. The van der Waals surface area contributed by atoms with Crippen LogP contribution in [0.2, 0.25) is 0 Å². The third-order valence-electron chi connectivity index (χ3n) is 6.20. The summed E-state index contributed by atoms with van der Waals surface area (Å²) < 4.78 is 7.21. The summed E-state index contributed by atoms with van der Waals surface area (Å²) in [6.07, 6.45) is 6.51. The molecule has 7 nitrogen and oxygen atoms in total. The SMILES string of the molecule is COCCNC(=O)[C@@H]1CCCN(C2CCN(Cc3cnc(C)n3C)CC2)C1. The van der Waals surface area contributed by atoms with E-state index in [1.165, 1.54) is 18.5 Å². The molecule has 1 N–H and O–H groups in total. The maximum Gasteiger partial charge on any atom is 0.224 e. The van der Waals surface area contributed by atoms with Gasteiger partial charge in [0.05, 0.1) is 18.2 Å². The van der Waals surface area contributed by atoms with Crippen molar-refractivity contribution in [3.05, 3.63) is 17.7 Å². The van der Waals surface area contributed by atoms with Gasteiger partial charge in [0.25, 0.3) is 0 Å². The Balaban J connectivity index is 1.44. The normalized spacial score (nSPS) is 22.9. The Morgan fingerprint density at radius 1 is 1.30 bits per heavy atom. The lowest BCUT2D eigenvalue weighted by Crippen LogP contribution is -2.50. The van der Waals surface area contributed by atoms with Gasteiger partial charge >= 0.3 is 0 Å². The first-order valence-corrected chi connectivity index (χ1v) is 10.3. The van der Waals surface area contributed by atoms with Crippen LogP contribution in [0.3, 0.4) is 0 Å². The number of imidazole rings is 1. The number of aryl methyl sites for hydroxylation is 1. The molecule has 1 amide bonds. The van der Waals surface area contributed by atoms with Crippen molar-refractivity contribution in [2.24, 2.45) is 13.0 Å². The Morgan fingerprint density at radius 3 is 2.74 bits per heavy atom. The highest BCUT2D eigenvalue weighted by atomic mass is 16.5. The molecule has 1 aromatic heterocycles. The second kappa shape index (κ2) is 9.66. The van der Waals surface area contributed by atoms with Gasteiger partial charge in [-0.3, -0.25) is 14.6 Å². The van der Waals surface area contributed by atoms with E-state index in [2.05, 4.69) is 31.7 Å². The molecule has 0 unspecified atom stereocenters. The first-order valence-electron chi connectivity index (χ1n) is 10.3. The molecule has 7 heteroatoms. The molecular weight excluding hydrogens is 342 g/mol. The summed E-state index contributed by atoms with van der Waals surface area (Å²) in [5, 5.41) is 3.01. The van der Waals surface area contributed by atoms with E-state index in [4.69, 9.17) is 4.74 Å². The molecule has 2 fully saturated rings. The molecule has 1 aromatic rings. The highest BCUT2D eigenvalue weighted by molar-refractivity contribution is 5.78. The molecule has 3 rings (SSSR count). The van der Waals surface area contributed by atoms with Crippen LogP contribution < -0.4 is 5.32 Å². The zero-order valence-corrected chi connectivity index (χ0v) is 17.1. The van der Waals surface area contributed by atoms with Gasteiger partial charge < -0.3 is 14.6 Å². The summed E-state index contributed by atoms with van der Waals surface area (Å²) in [7, 11) is 3.76. The maximum absolute atomic E-state index is 12.4. The number of likely N-dealkylation sites (tertiary alicyclic amines) is 2. The molecule has 2 saturated heterocycles. The highest BCUT2D eigenvalue weighted by Crippen LogP contribution is 2.24. The van der Waals surface area contributed by atoms with E-state index in [1.54, 1.807) is 7.11 Å². The number of hydrogen-bond donors (Lipinski definition) is 1. The maximum atomic E-state index is 12.4. The van der Waals surface area contributed by atoms with Crippen LogP contribution in [0.25, 0.3) is 0 Å². The number of rotatable bonds is 7. The minimum atomic E-state index is 0.131. The fraction of sp³-hybridized carbons (Fsp3) is 0.800. The van der Waals surface area contributed by atoms with Gasteiger partial charge in [-0.15, -0.1) is 0 Å². The van der Waals surface area contributed by atoms with Crippen LogP contribution in [0.5, 0.6) is 0 Å². The lowest BCUT2D eigenvalue weighted by molar-refractivity contribution is -0.127. The fourth-order valence-corrected chi connectivity index (χ4v) is 4.34. The summed E-state index contributed by atoms with van der Waals surface area (Å²) in [6.45, 7) is 8.50. The summed E-state index contributed by atoms with van der Waals surface area (Å²) in [4.78, 5) is 21.9. The third kappa shape index (κ3) is 5.30. The van der Waals surface area contributed by atoms with Crippen molar-refractivity contribution in [2.75, 3.05) is 46.4 Å². The molecular formula is C20H35N5O2. The second-order valence-corrected chi connectivity index (χ2v) is 7.98. The monoisotopic (exact) mass is 377 g/mol. The number of methoxy groups -OCH3 is 1. The summed E-state index contributed by atoms with van der Waals surface area (Å²) in [5.41, 5.74) is 1.29. The summed E-state index contributed by atoms with van der Waals surface area (Å²) in [5.74, 6) is 1.40. The van der Waals surface area contributed by atoms with Crippen molar-refractivity contribution in [2.45, 2.75) is 45.2 Å². The molecule has 0 saturated carbocycles. The summed E-state index contributed by atoms with van der Waals surface area (Å²) in [6, 6.07) is 0.615. The second-order valence-electron chi connectivity index (χ2n) is 7.98. The van der Waals surface area contributed by atoms with Gasteiger partial charge in [-0.2, -0.15) is 0 Å². The van der Waals surface area contributed by atoms with Crippen LogP contribution >= 0.6 is 0 Å². The molecule has 0 spiro atoms. The van der Waals surface area contributed by atoms with E-state index >= 15 is 0 Å². The Hall–Kier alpha value is -1.44. The summed E-state index contributed by atoms with van der Waals surface area (Å²) >= 11 is 0. The molecule has 1 atom stereocenters. The molecule has 0 aromatic carbocycles. The standard InChI is InChI=1S/C20H35N5O2/c1-16-22-13-19(23(16)2)15-24-10-6-18(7-11-24)25-9-4-5-17(14-25)20(26)21-8-12-27-3/h13,17-18H,4-12,14-15H2,1-3H3,(H,21,26)/t17-/m1/s1. The molecule has 152 valence electrons. The van der Waals surface area contributed by atoms with Gasteiger partial charge in [0.2, 0.25) is 5.91 Å². The van der Waals surface area contributed by atoms with E-state index < -0.39 is 0 Å². The van der Waals surface area contributed by atoms with Crippen molar-refractivity contribution >= 4 is 5.91 Å². The number of carbonyl (C=O) groups excluding carboxylic acids is 1. The van der Waals surface area contributed by atoms with Gasteiger partial charge in [-0.1, -0.05) is 0 Å². The quantitative estimate of drug-likeness (QED) is 0.723. The number of hydrogen-bond acceptors (Lipinski definition) is 5. The van der Waals surface area contributed by atoms with Crippen molar-refractivity contribution in [1.82, 2.24) is 24.7 Å². The first-order chi connectivity index (χ1) is 13.1. The molecule has 0 bridgehead atoms. The van der Waals surface area contributed by atoms with Crippen LogP contribution in [-0.2, 0) is 23.1 Å². The zero-order valence-electron chi connectivity index (χ0n) is 17.1. The van der Waals surface area contributed by atoms with Crippen molar-refractivity contribution in [1.29, 1.82) is 0 Å². The Bertz CT molecular complexity index is 610. The van der Waals surface area contributed by atoms with Crippen LogP contribution in [-0.4, -0.2) is 77.7 Å². The van der Waals surface area contributed by atoms with Gasteiger partial charge in [0.15, 0.2) is 0 Å². The number of ether oxygens (including phenoxy) is 1. The molecule has 0 radical (unpaired) electrons. The molecule has 2 aliphatic heterocycles. The predicted molar refractivity (Wildman–Crippen MR) is 105 cm³/mol. The van der Waals surface area contributed by atoms with E-state index in [0.717, 1.165) is 51.4 Å². The number of carbonyl (C=O) groups is 1. The van der Waals surface area contributed by atoms with E-state index in [1.807, 2.05) is 13.1 Å². The highest BCUT2D eigenvalue weighted by Gasteiger charge is 2.31. The van der Waals surface area contributed by atoms with Gasteiger partial charge in [-0.25, -0.2) is 4.98 Å². The molecule has 3 heterocycles. The zero-order chi connectivity index (χ0) is 19.2. The smallest absolute Gasteiger partial charge is 0.224 e. The minimum Gasteiger partial charge on any atom is -0.383 e. The molecule has 2 aliphatic rings. The number of nitrogens with one attached hydrogen (secondary N) is 1. The van der Waals surface area contributed by atoms with Crippen molar-refractivity contribution in [3.63, 3.8) is 0 Å². The Morgan fingerprint density at radius 2 is 2.07 bits per heavy atom. The third-order valence-corrected chi connectivity index (χ3v) is 6.20. The van der Waals surface area contributed by atoms with E-state index in [9.17, 15) is 4.79 Å². The predicted octanol–water partition coefficient (Wildman–Crippen LogP) is 1.17. The van der Waals surface area contributed by atoms with Gasteiger partial charge in [0.1, 0.15) is 5.82 Å². The van der Waals surface area contributed by atoms with E-state index in [0.29, 0.717) is 19.2 Å². The molecule has 27 heavy (non-hydrogen) atoms. The lowest BCUT2D eigenvalue weighted by Gasteiger charge is -2.42. The van der Waals surface area contributed by atoms with Crippen LogP contribution in [0.15, 0.2) is 6.20 Å². The topological polar surface area (TPSA) is 62.6 Å². The number of nitrogens with zero attached hydrogens (tertiary/aromatic N) is 4. The Kier molecular flexibility index (Phi) is 7.26. The van der Waals surface area contributed by atoms with Crippen molar-refractivity contribution < 1.29 is 9.53 Å². The number of piperidine rings is 2. The van der Waals surface area contributed by atoms with Crippen LogP contribution in [0.1, 0.15) is 37.2 Å². The van der Waals surface area contributed by atoms with Crippen molar-refractivity contribution in [3.8, 4) is 0 Å². The number of amides is 1. The van der Waals surface area contributed by atoms with E-state index in [-0.39, 0.29) is 11.8 Å². The average molecular weight is 378 g/mol. The minimum absolute atomic E-state index is 0.131. The van der Waals surface area contributed by atoms with Crippen LogP contribution in [0, 0.1) is 12.8 Å².